The van der Waals surface area contributed by atoms with Gasteiger partial charge in [0, 0.05) is 6.07 Å². The van der Waals surface area contributed by atoms with Crippen molar-refractivity contribution in [2.75, 3.05) is 13.2 Å². The molecular formula is C13H17N5O4. The van der Waals surface area contributed by atoms with Crippen LogP contribution in [-0.2, 0) is 0 Å². The van der Waals surface area contributed by atoms with Crippen LogP contribution in [0.2, 0.25) is 0 Å². The molecule has 1 aromatic carbocycles. The molecule has 0 spiro atoms. The van der Waals surface area contributed by atoms with Crippen LogP contribution in [0.25, 0.3) is 5.69 Å². The number of aliphatic hydroxyl groups excluding tert-OH is 1. The van der Waals surface area contributed by atoms with Crippen LogP contribution in [0.15, 0.2) is 24.5 Å². The zero-order valence-electron chi connectivity index (χ0n) is 12.0. The molecule has 0 aliphatic heterocycles. The van der Waals surface area contributed by atoms with Gasteiger partial charge in [0.1, 0.15) is 24.4 Å². The molecule has 1 atom stereocenters. The Hall–Kier alpha value is -2.52. The molecule has 0 saturated carbocycles. The Morgan fingerprint density at radius 2 is 2.32 bits per heavy atom. The maximum Gasteiger partial charge on any atom is 0.273 e. The molecule has 2 aromatic rings. The lowest BCUT2D eigenvalue weighted by molar-refractivity contribution is -0.384. The Bertz CT molecular complexity index is 658. The summed E-state index contributed by atoms with van der Waals surface area (Å²) in [5.41, 5.74) is 5.76. The SMILES string of the molecule is Cc1ncn(-c2ccc([N+](=O)[O-])cc2OC[C@@H](O)CCN)n1. The van der Waals surface area contributed by atoms with Crippen LogP contribution < -0.4 is 10.5 Å². The number of hydrogen-bond donors (Lipinski definition) is 2. The van der Waals surface area contributed by atoms with Gasteiger partial charge in [-0.3, -0.25) is 10.1 Å². The Morgan fingerprint density at radius 3 is 2.91 bits per heavy atom. The second-order valence-corrected chi connectivity index (χ2v) is 4.69. The van der Waals surface area contributed by atoms with Crippen molar-refractivity contribution in [2.45, 2.75) is 19.4 Å². The first-order valence-electron chi connectivity index (χ1n) is 6.69. The summed E-state index contributed by atoms with van der Waals surface area (Å²) in [6, 6.07) is 4.17. The molecule has 0 saturated heterocycles. The minimum absolute atomic E-state index is 0.0148. The zero-order chi connectivity index (χ0) is 16.1. The van der Waals surface area contributed by atoms with Gasteiger partial charge >= 0.3 is 0 Å². The van der Waals surface area contributed by atoms with E-state index in [2.05, 4.69) is 10.1 Å². The van der Waals surface area contributed by atoms with Gasteiger partial charge in [-0.05, 0) is 26.0 Å². The quantitative estimate of drug-likeness (QED) is 0.565. The highest BCUT2D eigenvalue weighted by molar-refractivity contribution is 5.52. The number of nitro groups is 1. The minimum Gasteiger partial charge on any atom is -0.488 e. The molecule has 118 valence electrons. The summed E-state index contributed by atoms with van der Waals surface area (Å²) in [5.74, 6) is 0.808. The number of benzene rings is 1. The number of aliphatic hydroxyl groups is 1. The first kappa shape index (κ1) is 15.9. The average Bonchev–Trinajstić information content (AvgIpc) is 2.91. The van der Waals surface area contributed by atoms with Crippen molar-refractivity contribution < 1.29 is 14.8 Å². The van der Waals surface area contributed by atoms with E-state index in [1.54, 1.807) is 6.92 Å². The van der Waals surface area contributed by atoms with E-state index in [-0.39, 0.29) is 18.0 Å². The predicted molar refractivity (Wildman–Crippen MR) is 77.9 cm³/mol. The van der Waals surface area contributed by atoms with Gasteiger partial charge in [0.2, 0.25) is 0 Å². The second kappa shape index (κ2) is 6.96. The number of hydrogen-bond acceptors (Lipinski definition) is 7. The Balaban J connectivity index is 2.30. The van der Waals surface area contributed by atoms with Crippen LogP contribution in [0, 0.1) is 17.0 Å². The summed E-state index contributed by atoms with van der Waals surface area (Å²) in [6.45, 7) is 2.04. The number of nitrogens with zero attached hydrogens (tertiary/aromatic N) is 4. The smallest absolute Gasteiger partial charge is 0.273 e. The number of nitro benzene ring substituents is 1. The maximum atomic E-state index is 10.9. The van der Waals surface area contributed by atoms with Crippen molar-refractivity contribution in [3.05, 3.63) is 40.5 Å². The Kier molecular flexibility index (Phi) is 5.02. The first-order valence-corrected chi connectivity index (χ1v) is 6.69. The lowest BCUT2D eigenvalue weighted by Gasteiger charge is -2.14. The lowest BCUT2D eigenvalue weighted by atomic mass is 10.2. The summed E-state index contributed by atoms with van der Waals surface area (Å²) in [7, 11) is 0. The topological polar surface area (TPSA) is 129 Å². The molecule has 0 amide bonds. The largest absolute Gasteiger partial charge is 0.488 e. The molecule has 2 rings (SSSR count). The van der Waals surface area contributed by atoms with Gasteiger partial charge in [-0.15, -0.1) is 0 Å². The third kappa shape index (κ3) is 3.77. The maximum absolute atomic E-state index is 10.9. The molecule has 1 heterocycles. The van der Waals surface area contributed by atoms with E-state index in [0.29, 0.717) is 24.5 Å². The van der Waals surface area contributed by atoms with Crippen LogP contribution >= 0.6 is 0 Å². The molecule has 0 radical (unpaired) electrons. The molecule has 0 aliphatic carbocycles. The van der Waals surface area contributed by atoms with Crippen LogP contribution in [0.3, 0.4) is 0 Å². The summed E-state index contributed by atoms with van der Waals surface area (Å²) in [4.78, 5) is 14.4. The molecule has 0 aliphatic rings. The third-order valence-electron chi connectivity index (χ3n) is 2.94. The number of non-ortho nitro benzene ring substituents is 1. The molecule has 1 aromatic heterocycles. The molecule has 9 heteroatoms. The van der Waals surface area contributed by atoms with Crippen LogP contribution in [-0.4, -0.2) is 44.0 Å². The van der Waals surface area contributed by atoms with Gasteiger partial charge in [-0.2, -0.15) is 5.10 Å². The van der Waals surface area contributed by atoms with Crippen molar-refractivity contribution in [1.29, 1.82) is 0 Å². The zero-order valence-corrected chi connectivity index (χ0v) is 12.0. The van der Waals surface area contributed by atoms with E-state index in [0.717, 1.165) is 0 Å². The Labute approximate surface area is 126 Å². The van der Waals surface area contributed by atoms with E-state index in [9.17, 15) is 15.2 Å². The standard InChI is InChI=1S/C13H17N5O4/c1-9-15-8-17(16-9)12-3-2-10(18(20)21)6-13(12)22-7-11(19)4-5-14/h2-3,6,8,11,19H,4-5,7,14H2,1H3/t11-/m0/s1. The number of nitrogens with two attached hydrogens (primary N) is 1. The van der Waals surface area contributed by atoms with E-state index in [4.69, 9.17) is 10.5 Å². The van der Waals surface area contributed by atoms with Crippen LogP contribution in [0.5, 0.6) is 5.75 Å². The van der Waals surface area contributed by atoms with Gasteiger partial charge in [-0.25, -0.2) is 9.67 Å². The van der Waals surface area contributed by atoms with Gasteiger partial charge in [0.05, 0.1) is 17.1 Å². The minimum atomic E-state index is -0.741. The van der Waals surface area contributed by atoms with Gasteiger partial charge in [0.25, 0.3) is 5.69 Å². The summed E-state index contributed by atoms with van der Waals surface area (Å²) in [5, 5.41) is 24.7. The molecule has 0 bridgehead atoms. The predicted octanol–water partition coefficient (Wildman–Crippen LogP) is 0.572. The van der Waals surface area contributed by atoms with Crippen molar-refractivity contribution in [1.82, 2.24) is 14.8 Å². The fourth-order valence-corrected chi connectivity index (χ4v) is 1.84. The van der Waals surface area contributed by atoms with E-state index in [1.165, 1.54) is 29.2 Å². The number of ether oxygens (including phenoxy) is 1. The van der Waals surface area contributed by atoms with Crippen LogP contribution in [0.4, 0.5) is 5.69 Å². The summed E-state index contributed by atoms with van der Waals surface area (Å²) < 4.78 is 6.97. The molecule has 22 heavy (non-hydrogen) atoms. The molecule has 9 nitrogen and oxygen atoms in total. The number of aryl methyl sites for hydroxylation is 1. The highest BCUT2D eigenvalue weighted by atomic mass is 16.6. The Morgan fingerprint density at radius 1 is 1.55 bits per heavy atom. The molecule has 0 unspecified atom stereocenters. The lowest BCUT2D eigenvalue weighted by Crippen LogP contribution is -2.21. The van der Waals surface area contributed by atoms with Crippen molar-refractivity contribution in [3.63, 3.8) is 0 Å². The number of aromatic nitrogens is 3. The van der Waals surface area contributed by atoms with Crippen molar-refractivity contribution in [3.8, 4) is 11.4 Å². The third-order valence-corrected chi connectivity index (χ3v) is 2.94. The normalized spacial score (nSPS) is 12.1. The highest BCUT2D eigenvalue weighted by Gasteiger charge is 2.15. The summed E-state index contributed by atoms with van der Waals surface area (Å²) in [6.07, 6.45) is 1.13. The fraction of sp³-hybridized carbons (Fsp3) is 0.385. The van der Waals surface area contributed by atoms with Crippen molar-refractivity contribution in [2.24, 2.45) is 5.73 Å². The van der Waals surface area contributed by atoms with E-state index < -0.39 is 11.0 Å². The average molecular weight is 307 g/mol. The monoisotopic (exact) mass is 307 g/mol. The molecule has 0 fully saturated rings. The number of rotatable bonds is 7. The molecule has 3 N–H and O–H groups in total. The molecular weight excluding hydrogens is 290 g/mol. The van der Waals surface area contributed by atoms with Gasteiger partial charge in [-0.1, -0.05) is 0 Å². The van der Waals surface area contributed by atoms with Crippen LogP contribution in [0.1, 0.15) is 12.2 Å². The van der Waals surface area contributed by atoms with Gasteiger partial charge in [0.15, 0.2) is 5.75 Å². The van der Waals surface area contributed by atoms with Crippen molar-refractivity contribution >= 4 is 5.69 Å². The first-order chi connectivity index (χ1) is 10.5. The van der Waals surface area contributed by atoms with E-state index >= 15 is 0 Å². The summed E-state index contributed by atoms with van der Waals surface area (Å²) >= 11 is 0. The van der Waals surface area contributed by atoms with E-state index in [1.807, 2.05) is 0 Å². The second-order valence-electron chi connectivity index (χ2n) is 4.69. The fourth-order valence-electron chi connectivity index (χ4n) is 1.84. The highest BCUT2D eigenvalue weighted by Crippen LogP contribution is 2.27. The van der Waals surface area contributed by atoms with Gasteiger partial charge < -0.3 is 15.6 Å².